The Labute approximate surface area is 138 Å². The Morgan fingerprint density at radius 3 is 2.45 bits per heavy atom. The Hall–Kier alpha value is -1.35. The second-order valence-electron chi connectivity index (χ2n) is 6.42. The first-order valence-electron chi connectivity index (χ1n) is 7.81. The third-order valence-electron chi connectivity index (χ3n) is 4.86. The summed E-state index contributed by atoms with van der Waals surface area (Å²) in [6.45, 7) is 5.46. The van der Waals surface area contributed by atoms with Crippen LogP contribution in [0, 0.1) is 0 Å². The Morgan fingerprint density at radius 1 is 1.14 bits per heavy atom. The van der Waals surface area contributed by atoms with E-state index in [-0.39, 0.29) is 5.41 Å². The Morgan fingerprint density at radius 2 is 1.82 bits per heavy atom. The summed E-state index contributed by atoms with van der Waals surface area (Å²) < 4.78 is 0. The fourth-order valence-corrected chi connectivity index (χ4v) is 3.72. The first-order valence-corrected chi connectivity index (χ1v) is 8.19. The van der Waals surface area contributed by atoms with E-state index in [9.17, 15) is 0 Å². The zero-order valence-electron chi connectivity index (χ0n) is 13.2. The van der Waals surface area contributed by atoms with Gasteiger partial charge in [-0.2, -0.15) is 0 Å². The monoisotopic (exact) mass is 314 g/mol. The molecule has 22 heavy (non-hydrogen) atoms. The smallest absolute Gasteiger partial charge is 0.0406 e. The molecule has 1 saturated heterocycles. The minimum atomic E-state index is 0.105. The van der Waals surface area contributed by atoms with Crippen molar-refractivity contribution in [3.8, 4) is 0 Å². The number of nitrogens with one attached hydrogen (secondary N) is 1. The van der Waals surface area contributed by atoms with E-state index in [1.807, 2.05) is 12.1 Å². The van der Waals surface area contributed by atoms with Crippen molar-refractivity contribution in [2.45, 2.75) is 24.9 Å². The highest BCUT2D eigenvalue weighted by Gasteiger charge is 2.43. The highest BCUT2D eigenvalue weighted by atomic mass is 35.5. The minimum absolute atomic E-state index is 0.105. The third-order valence-corrected chi connectivity index (χ3v) is 5.12. The highest BCUT2D eigenvalue weighted by molar-refractivity contribution is 6.30. The van der Waals surface area contributed by atoms with Crippen molar-refractivity contribution < 1.29 is 0 Å². The summed E-state index contributed by atoms with van der Waals surface area (Å²) in [7, 11) is 2.06. The van der Waals surface area contributed by atoms with E-state index in [0.717, 1.165) is 24.7 Å². The van der Waals surface area contributed by atoms with E-state index in [1.54, 1.807) is 0 Å². The van der Waals surface area contributed by atoms with Crippen LogP contribution >= 0.6 is 11.6 Å². The second-order valence-corrected chi connectivity index (χ2v) is 6.86. The molecular weight excluding hydrogens is 292 g/mol. The molecule has 1 fully saturated rings. The molecule has 2 nitrogen and oxygen atoms in total. The summed E-state index contributed by atoms with van der Waals surface area (Å²) in [5.74, 6) is 0. The van der Waals surface area contributed by atoms with Crippen LogP contribution in [0.1, 0.15) is 18.1 Å². The van der Waals surface area contributed by atoms with Crippen molar-refractivity contribution in [2.24, 2.45) is 0 Å². The molecule has 1 N–H and O–H groups in total. The average Bonchev–Trinajstić information content (AvgIpc) is 2.85. The first-order chi connectivity index (χ1) is 10.6. The van der Waals surface area contributed by atoms with Gasteiger partial charge < -0.3 is 5.32 Å². The molecule has 0 spiro atoms. The zero-order valence-corrected chi connectivity index (χ0v) is 14.0. The normalized spacial score (nSPS) is 25.5. The summed E-state index contributed by atoms with van der Waals surface area (Å²) in [5.41, 5.74) is 2.83. The number of rotatable bonds is 4. The predicted molar refractivity (Wildman–Crippen MR) is 93.4 cm³/mol. The van der Waals surface area contributed by atoms with Gasteiger partial charge in [0.15, 0.2) is 0 Å². The lowest BCUT2D eigenvalue weighted by Gasteiger charge is -2.31. The molecule has 0 amide bonds. The second kappa shape index (κ2) is 6.41. The lowest BCUT2D eigenvalue weighted by Crippen LogP contribution is -2.43. The van der Waals surface area contributed by atoms with E-state index < -0.39 is 0 Å². The number of nitrogens with zero attached hydrogens (tertiary/aromatic N) is 1. The minimum Gasteiger partial charge on any atom is -0.315 e. The molecule has 0 radical (unpaired) electrons. The van der Waals surface area contributed by atoms with Crippen LogP contribution in [0.5, 0.6) is 0 Å². The van der Waals surface area contributed by atoms with Crippen LogP contribution in [0.4, 0.5) is 0 Å². The number of halogens is 1. The molecule has 0 bridgehead atoms. The summed E-state index contributed by atoms with van der Waals surface area (Å²) in [6, 6.07) is 19.5. The maximum atomic E-state index is 6.04. The molecule has 1 aliphatic heterocycles. The molecule has 0 aliphatic carbocycles. The van der Waals surface area contributed by atoms with E-state index in [0.29, 0.717) is 6.04 Å². The molecule has 2 atom stereocenters. The number of likely N-dealkylation sites (tertiary alicyclic amines) is 1. The number of benzene rings is 2. The molecular formula is C19H23ClN2. The van der Waals surface area contributed by atoms with Crippen LogP contribution in [0.25, 0.3) is 0 Å². The Kier molecular flexibility index (Phi) is 4.53. The van der Waals surface area contributed by atoms with E-state index >= 15 is 0 Å². The van der Waals surface area contributed by atoms with Gasteiger partial charge in [0.2, 0.25) is 0 Å². The molecule has 3 heteroatoms. The van der Waals surface area contributed by atoms with Crippen molar-refractivity contribution >= 4 is 11.6 Å². The van der Waals surface area contributed by atoms with Crippen molar-refractivity contribution in [3.05, 3.63) is 70.7 Å². The first kappa shape index (κ1) is 15.5. The van der Waals surface area contributed by atoms with Crippen LogP contribution < -0.4 is 5.32 Å². The summed E-state index contributed by atoms with van der Waals surface area (Å²) >= 11 is 6.04. The molecule has 2 aromatic carbocycles. The number of hydrogen-bond donors (Lipinski definition) is 1. The largest absolute Gasteiger partial charge is 0.315 e. The van der Waals surface area contributed by atoms with Crippen LogP contribution in [0.15, 0.2) is 54.6 Å². The summed E-state index contributed by atoms with van der Waals surface area (Å²) in [5, 5.41) is 4.31. The van der Waals surface area contributed by atoms with Gasteiger partial charge in [-0.1, -0.05) is 61.0 Å². The van der Waals surface area contributed by atoms with E-state index in [1.165, 1.54) is 11.1 Å². The van der Waals surface area contributed by atoms with Crippen molar-refractivity contribution in [3.63, 3.8) is 0 Å². The molecule has 3 rings (SSSR count). The van der Waals surface area contributed by atoms with Gasteiger partial charge in [0.1, 0.15) is 0 Å². The molecule has 2 unspecified atom stereocenters. The molecule has 1 aliphatic rings. The maximum absolute atomic E-state index is 6.04. The third kappa shape index (κ3) is 3.05. The van der Waals surface area contributed by atoms with Gasteiger partial charge >= 0.3 is 0 Å². The highest BCUT2D eigenvalue weighted by Crippen LogP contribution is 2.35. The summed E-state index contributed by atoms with van der Waals surface area (Å²) in [6.07, 6.45) is 0. The SMILES string of the molecule is CNC1CN(Cc2ccccc2)CC1(C)c1ccc(Cl)cc1. The van der Waals surface area contributed by atoms with Gasteiger partial charge in [0.05, 0.1) is 0 Å². The topological polar surface area (TPSA) is 15.3 Å². The average molecular weight is 315 g/mol. The van der Waals surface area contributed by atoms with Gasteiger partial charge in [-0.15, -0.1) is 0 Å². The van der Waals surface area contributed by atoms with Crippen LogP contribution in [0.3, 0.4) is 0 Å². The number of likely N-dealkylation sites (N-methyl/N-ethyl adjacent to an activating group) is 1. The van der Waals surface area contributed by atoms with Gasteiger partial charge in [0, 0.05) is 36.1 Å². The molecule has 116 valence electrons. The molecule has 0 aromatic heterocycles. The summed E-state index contributed by atoms with van der Waals surface area (Å²) in [4.78, 5) is 2.53. The van der Waals surface area contributed by atoms with Crippen molar-refractivity contribution in [2.75, 3.05) is 20.1 Å². The lowest BCUT2D eigenvalue weighted by molar-refractivity contribution is 0.309. The molecule has 2 aromatic rings. The van der Waals surface area contributed by atoms with E-state index in [2.05, 4.69) is 66.7 Å². The molecule has 0 saturated carbocycles. The quantitative estimate of drug-likeness (QED) is 0.925. The molecule has 1 heterocycles. The van der Waals surface area contributed by atoms with Gasteiger partial charge in [-0.25, -0.2) is 0 Å². The van der Waals surface area contributed by atoms with Gasteiger partial charge in [-0.3, -0.25) is 4.90 Å². The van der Waals surface area contributed by atoms with Crippen LogP contribution in [-0.2, 0) is 12.0 Å². The zero-order chi connectivity index (χ0) is 15.6. The fraction of sp³-hybridized carbons (Fsp3) is 0.368. The Balaban J connectivity index is 1.81. The van der Waals surface area contributed by atoms with Crippen LogP contribution in [0.2, 0.25) is 5.02 Å². The standard InChI is InChI=1S/C19H23ClN2/c1-19(16-8-10-17(20)11-9-16)14-22(13-18(19)21-2)12-15-6-4-3-5-7-15/h3-11,18,21H,12-14H2,1-2H3. The van der Waals surface area contributed by atoms with Crippen molar-refractivity contribution in [1.29, 1.82) is 0 Å². The number of hydrogen-bond acceptors (Lipinski definition) is 2. The van der Waals surface area contributed by atoms with Gasteiger partial charge in [0.25, 0.3) is 0 Å². The van der Waals surface area contributed by atoms with E-state index in [4.69, 9.17) is 11.6 Å². The predicted octanol–water partition coefficient (Wildman–Crippen LogP) is 3.70. The lowest BCUT2D eigenvalue weighted by atomic mass is 9.78. The van der Waals surface area contributed by atoms with Crippen molar-refractivity contribution in [1.82, 2.24) is 10.2 Å². The fourth-order valence-electron chi connectivity index (χ4n) is 3.59. The maximum Gasteiger partial charge on any atom is 0.0406 e. The Bertz CT molecular complexity index is 611. The van der Waals surface area contributed by atoms with Crippen LogP contribution in [-0.4, -0.2) is 31.1 Å². The van der Waals surface area contributed by atoms with Gasteiger partial charge in [-0.05, 0) is 30.3 Å².